The molecule has 10 heteroatoms. The molecule has 5 rings (SSSR count). The monoisotopic (exact) mass is 520 g/mol. The predicted molar refractivity (Wildman–Crippen MR) is 134 cm³/mol. The highest BCUT2D eigenvalue weighted by molar-refractivity contribution is 7.92. The van der Waals surface area contributed by atoms with Gasteiger partial charge in [0.2, 0.25) is 0 Å². The van der Waals surface area contributed by atoms with Crippen LogP contribution in [0.25, 0.3) is 0 Å². The van der Waals surface area contributed by atoms with Crippen LogP contribution in [0.1, 0.15) is 17.7 Å². The molecule has 0 N–H and O–H groups in total. The van der Waals surface area contributed by atoms with Crippen LogP contribution in [0.15, 0.2) is 59.5 Å². The minimum absolute atomic E-state index is 0.0517. The maximum atomic E-state index is 13.4. The summed E-state index contributed by atoms with van der Waals surface area (Å²) in [6.07, 6.45) is 1.30. The van der Waals surface area contributed by atoms with Crippen molar-refractivity contribution in [2.24, 2.45) is 0 Å². The van der Waals surface area contributed by atoms with Crippen LogP contribution in [0.3, 0.4) is 0 Å². The Bertz CT molecular complexity index is 1320. The van der Waals surface area contributed by atoms with Crippen LogP contribution < -0.4 is 9.80 Å². The third-order valence-electron chi connectivity index (χ3n) is 6.68. The van der Waals surface area contributed by atoms with Crippen LogP contribution in [0, 0.1) is 6.92 Å². The van der Waals surface area contributed by atoms with E-state index >= 15 is 0 Å². The van der Waals surface area contributed by atoms with Gasteiger partial charge in [-0.05, 0) is 43.5 Å². The van der Waals surface area contributed by atoms with E-state index in [1.807, 2.05) is 35.9 Å². The SMILES string of the molecule is Cc1cc(N2CCC(S(=O)(=O)c3ccc(N4CC(F)(F)C4)cc3Cl)C2)n(CCc2ccccc2)n1. The minimum Gasteiger partial charge on any atom is -0.359 e. The van der Waals surface area contributed by atoms with Gasteiger partial charge in [-0.1, -0.05) is 41.9 Å². The lowest BCUT2D eigenvalue weighted by Gasteiger charge is -2.40. The number of hydrogen-bond acceptors (Lipinski definition) is 5. The molecule has 6 nitrogen and oxygen atoms in total. The predicted octanol–water partition coefficient (Wildman–Crippen LogP) is 4.60. The van der Waals surface area contributed by atoms with Gasteiger partial charge in [0.25, 0.3) is 5.92 Å². The Hall–Kier alpha value is -2.65. The molecule has 3 heterocycles. The van der Waals surface area contributed by atoms with Gasteiger partial charge in [0.15, 0.2) is 9.84 Å². The van der Waals surface area contributed by atoms with Crippen molar-refractivity contribution in [3.05, 3.63) is 70.9 Å². The zero-order valence-electron chi connectivity index (χ0n) is 19.4. The number of benzene rings is 2. The van der Waals surface area contributed by atoms with Crippen molar-refractivity contribution in [2.75, 3.05) is 36.0 Å². The number of halogens is 3. The second kappa shape index (κ2) is 9.09. The van der Waals surface area contributed by atoms with Gasteiger partial charge < -0.3 is 9.80 Å². The van der Waals surface area contributed by atoms with E-state index in [1.165, 1.54) is 22.6 Å². The van der Waals surface area contributed by atoms with E-state index in [-0.39, 0.29) is 23.0 Å². The summed E-state index contributed by atoms with van der Waals surface area (Å²) in [6.45, 7) is 2.80. The zero-order valence-corrected chi connectivity index (χ0v) is 20.9. The lowest BCUT2D eigenvalue weighted by atomic mass is 10.1. The molecule has 2 saturated heterocycles. The van der Waals surface area contributed by atoms with Crippen molar-refractivity contribution in [1.29, 1.82) is 0 Å². The molecule has 1 unspecified atom stereocenters. The maximum Gasteiger partial charge on any atom is 0.282 e. The summed E-state index contributed by atoms with van der Waals surface area (Å²) < 4.78 is 55.2. The van der Waals surface area contributed by atoms with Crippen molar-refractivity contribution in [3.63, 3.8) is 0 Å². The standard InChI is InChI=1S/C25H27ClF2N4O2S/c1-18-13-24(32(29-18)12-9-19-5-3-2-4-6-19)30-11-10-21(15-30)35(33,34)23-8-7-20(14-22(23)26)31-16-25(27,28)17-31/h2-8,13-14,21H,9-12,15-17H2,1H3. The smallest absolute Gasteiger partial charge is 0.282 e. The largest absolute Gasteiger partial charge is 0.359 e. The van der Waals surface area contributed by atoms with Gasteiger partial charge in [-0.15, -0.1) is 0 Å². The Balaban J connectivity index is 1.30. The number of nitrogens with zero attached hydrogens (tertiary/aromatic N) is 4. The highest BCUT2D eigenvalue weighted by atomic mass is 35.5. The summed E-state index contributed by atoms with van der Waals surface area (Å²) in [5.41, 5.74) is 2.61. The number of rotatable bonds is 7. The summed E-state index contributed by atoms with van der Waals surface area (Å²) in [7, 11) is -3.70. The minimum atomic E-state index is -3.70. The highest BCUT2D eigenvalue weighted by Crippen LogP contribution is 2.37. The molecule has 0 aliphatic carbocycles. The van der Waals surface area contributed by atoms with Gasteiger partial charge in [-0.2, -0.15) is 5.10 Å². The van der Waals surface area contributed by atoms with Gasteiger partial charge in [-0.3, -0.25) is 0 Å². The molecule has 3 aromatic rings. The number of hydrogen-bond donors (Lipinski definition) is 0. The fraction of sp³-hybridized carbons (Fsp3) is 0.400. The molecule has 186 valence electrons. The van der Waals surface area contributed by atoms with Crippen LogP contribution in [0.5, 0.6) is 0 Å². The molecule has 2 fully saturated rings. The normalized spacial score (nSPS) is 19.7. The Morgan fingerprint density at radius 1 is 1.09 bits per heavy atom. The second-order valence-electron chi connectivity index (χ2n) is 9.33. The third kappa shape index (κ3) is 4.89. The molecule has 0 spiro atoms. The molecule has 1 atom stereocenters. The molecule has 1 aromatic heterocycles. The lowest BCUT2D eigenvalue weighted by molar-refractivity contribution is -0.0262. The first-order valence-corrected chi connectivity index (χ1v) is 13.5. The molecule has 0 bridgehead atoms. The van der Waals surface area contributed by atoms with E-state index in [4.69, 9.17) is 11.6 Å². The van der Waals surface area contributed by atoms with Crippen LogP contribution in [0.2, 0.25) is 5.02 Å². The fourth-order valence-electron chi connectivity index (χ4n) is 4.81. The lowest BCUT2D eigenvalue weighted by Crippen LogP contribution is -2.56. The van der Waals surface area contributed by atoms with Crippen molar-refractivity contribution in [3.8, 4) is 0 Å². The van der Waals surface area contributed by atoms with Gasteiger partial charge in [0.1, 0.15) is 5.82 Å². The summed E-state index contributed by atoms with van der Waals surface area (Å²) in [5, 5.41) is 4.08. The first kappa shape index (κ1) is 24.1. The molecule has 0 saturated carbocycles. The number of aromatic nitrogens is 2. The maximum absolute atomic E-state index is 13.4. The first-order valence-electron chi connectivity index (χ1n) is 11.6. The molecule has 2 aromatic carbocycles. The molecule has 0 amide bonds. The van der Waals surface area contributed by atoms with Gasteiger partial charge in [0.05, 0.1) is 34.0 Å². The van der Waals surface area contributed by atoms with Crippen molar-refractivity contribution >= 4 is 32.9 Å². The van der Waals surface area contributed by atoms with Gasteiger partial charge in [0, 0.05) is 31.4 Å². The molecular formula is C25H27ClF2N4O2S. The number of aryl methyl sites for hydroxylation is 3. The Kier molecular flexibility index (Phi) is 6.25. The average molecular weight is 521 g/mol. The molecule has 2 aliphatic heterocycles. The topological polar surface area (TPSA) is 58.4 Å². The summed E-state index contributed by atoms with van der Waals surface area (Å²) in [4.78, 5) is 3.60. The van der Waals surface area contributed by atoms with Gasteiger partial charge >= 0.3 is 0 Å². The van der Waals surface area contributed by atoms with E-state index in [2.05, 4.69) is 22.1 Å². The van der Waals surface area contributed by atoms with Crippen LogP contribution >= 0.6 is 11.6 Å². The van der Waals surface area contributed by atoms with Gasteiger partial charge in [-0.25, -0.2) is 21.9 Å². The van der Waals surface area contributed by atoms with Crippen LogP contribution in [0.4, 0.5) is 20.3 Å². The average Bonchev–Trinajstić information content (AvgIpc) is 3.43. The second-order valence-corrected chi connectivity index (χ2v) is 11.9. The van der Waals surface area contributed by atoms with E-state index in [1.54, 1.807) is 6.07 Å². The van der Waals surface area contributed by atoms with Crippen LogP contribution in [-0.2, 0) is 22.8 Å². The quantitative estimate of drug-likeness (QED) is 0.456. The van der Waals surface area contributed by atoms with E-state index in [0.29, 0.717) is 31.7 Å². The van der Waals surface area contributed by atoms with E-state index < -0.39 is 21.0 Å². The zero-order chi connectivity index (χ0) is 24.8. The molecule has 2 aliphatic rings. The molecular weight excluding hydrogens is 494 g/mol. The fourth-order valence-corrected chi connectivity index (χ4v) is 7.05. The van der Waals surface area contributed by atoms with Crippen molar-refractivity contribution < 1.29 is 17.2 Å². The number of alkyl halides is 2. The summed E-state index contributed by atoms with van der Waals surface area (Å²) in [5.74, 6) is -1.80. The first-order chi connectivity index (χ1) is 16.6. The Morgan fingerprint density at radius 2 is 1.83 bits per heavy atom. The Labute approximate surface area is 209 Å². The van der Waals surface area contributed by atoms with E-state index in [9.17, 15) is 17.2 Å². The van der Waals surface area contributed by atoms with Crippen molar-refractivity contribution in [2.45, 2.75) is 42.4 Å². The van der Waals surface area contributed by atoms with E-state index in [0.717, 1.165) is 17.9 Å². The summed E-state index contributed by atoms with van der Waals surface area (Å²) in [6, 6.07) is 16.6. The molecule has 35 heavy (non-hydrogen) atoms. The van der Waals surface area contributed by atoms with Crippen LogP contribution in [-0.4, -0.2) is 55.5 Å². The molecule has 0 radical (unpaired) electrons. The third-order valence-corrected chi connectivity index (χ3v) is 9.33. The number of anilines is 2. The number of sulfone groups is 1. The Morgan fingerprint density at radius 3 is 2.51 bits per heavy atom. The highest BCUT2D eigenvalue weighted by Gasteiger charge is 2.44. The van der Waals surface area contributed by atoms with Crippen molar-refractivity contribution in [1.82, 2.24) is 9.78 Å². The summed E-state index contributed by atoms with van der Waals surface area (Å²) >= 11 is 6.35.